The molecule has 0 radical (unpaired) electrons. The van der Waals surface area contributed by atoms with Gasteiger partial charge in [0.2, 0.25) is 0 Å². The quantitative estimate of drug-likeness (QED) is 0.854. The van der Waals surface area contributed by atoms with E-state index in [0.717, 1.165) is 11.1 Å². The molecule has 0 saturated carbocycles. The summed E-state index contributed by atoms with van der Waals surface area (Å²) in [6.07, 6.45) is -0.711. The van der Waals surface area contributed by atoms with Crippen molar-refractivity contribution in [1.29, 1.82) is 0 Å². The lowest BCUT2D eigenvalue weighted by Gasteiger charge is -2.16. The number of nitrogens with one attached hydrogen (secondary N) is 1. The number of rotatable bonds is 5. The number of anilines is 1. The average Bonchev–Trinajstić information content (AvgIpc) is 2.53. The van der Waals surface area contributed by atoms with Gasteiger partial charge in [-0.1, -0.05) is 18.2 Å². The number of amides is 1. The molecule has 24 heavy (non-hydrogen) atoms. The Bertz CT molecular complexity index is 735. The lowest BCUT2D eigenvalue weighted by Crippen LogP contribution is -2.30. The summed E-state index contributed by atoms with van der Waals surface area (Å²) in [5.41, 5.74) is 2.82. The maximum atomic E-state index is 12.4. The first-order chi connectivity index (χ1) is 11.4. The Morgan fingerprint density at radius 2 is 1.67 bits per heavy atom. The van der Waals surface area contributed by atoms with Crippen LogP contribution in [0.3, 0.4) is 0 Å². The summed E-state index contributed by atoms with van der Waals surface area (Å²) in [4.78, 5) is 24.1. The third-order valence-corrected chi connectivity index (χ3v) is 3.47. The Labute approximate surface area is 141 Å². The van der Waals surface area contributed by atoms with Gasteiger partial charge in [-0.25, -0.2) is 4.79 Å². The smallest absolute Gasteiger partial charge is 0.339 e. The molecule has 2 aromatic rings. The molecule has 0 aliphatic carbocycles. The number of hydrogen-bond donors (Lipinski definition) is 1. The van der Waals surface area contributed by atoms with Crippen LogP contribution in [0.2, 0.25) is 0 Å². The molecule has 1 N–H and O–H groups in total. The van der Waals surface area contributed by atoms with Crippen molar-refractivity contribution in [2.24, 2.45) is 0 Å². The number of carbonyl (C=O) groups is 2. The summed E-state index contributed by atoms with van der Waals surface area (Å²) >= 11 is 0. The Morgan fingerprint density at radius 1 is 1.04 bits per heavy atom. The van der Waals surface area contributed by atoms with Crippen LogP contribution >= 0.6 is 0 Å². The first-order valence-corrected chi connectivity index (χ1v) is 7.64. The van der Waals surface area contributed by atoms with Gasteiger partial charge < -0.3 is 14.8 Å². The zero-order chi connectivity index (χ0) is 17.7. The standard InChI is InChI=1S/C19H21NO4/c1-12-9-13(2)11-15(10-12)24-14(3)18(21)20-17-8-6-5-7-16(17)19(22)23-4/h5-11,14H,1-4H3,(H,20,21)/t14-/m0/s1. The second kappa shape index (κ2) is 7.64. The maximum Gasteiger partial charge on any atom is 0.339 e. The number of para-hydroxylation sites is 1. The number of ether oxygens (including phenoxy) is 2. The highest BCUT2D eigenvalue weighted by atomic mass is 16.5. The van der Waals surface area contributed by atoms with Crippen LogP contribution in [0.1, 0.15) is 28.4 Å². The average molecular weight is 327 g/mol. The third kappa shape index (κ3) is 4.35. The maximum absolute atomic E-state index is 12.4. The van der Waals surface area contributed by atoms with Gasteiger partial charge in [0.15, 0.2) is 6.10 Å². The second-order valence-corrected chi connectivity index (χ2v) is 5.61. The van der Waals surface area contributed by atoms with Crippen LogP contribution in [-0.2, 0) is 9.53 Å². The molecule has 1 atom stereocenters. The third-order valence-electron chi connectivity index (χ3n) is 3.47. The second-order valence-electron chi connectivity index (χ2n) is 5.61. The molecule has 0 heterocycles. The van der Waals surface area contributed by atoms with E-state index in [1.54, 1.807) is 31.2 Å². The fourth-order valence-corrected chi connectivity index (χ4v) is 2.37. The highest BCUT2D eigenvalue weighted by molar-refractivity contribution is 6.02. The molecule has 2 aromatic carbocycles. The molecule has 0 aromatic heterocycles. The molecule has 0 spiro atoms. The van der Waals surface area contributed by atoms with Crippen molar-refractivity contribution in [2.75, 3.05) is 12.4 Å². The van der Waals surface area contributed by atoms with E-state index in [4.69, 9.17) is 9.47 Å². The molecule has 0 fully saturated rings. The normalized spacial score (nSPS) is 11.5. The van der Waals surface area contributed by atoms with Crippen molar-refractivity contribution in [3.63, 3.8) is 0 Å². The molecule has 2 rings (SSSR count). The van der Waals surface area contributed by atoms with Crippen molar-refractivity contribution in [2.45, 2.75) is 26.9 Å². The fraction of sp³-hybridized carbons (Fsp3) is 0.263. The van der Waals surface area contributed by atoms with E-state index in [-0.39, 0.29) is 5.91 Å². The lowest BCUT2D eigenvalue weighted by atomic mass is 10.1. The number of hydrogen-bond acceptors (Lipinski definition) is 4. The van der Waals surface area contributed by atoms with Crippen molar-refractivity contribution in [1.82, 2.24) is 0 Å². The van der Waals surface area contributed by atoms with E-state index in [2.05, 4.69) is 5.32 Å². The summed E-state index contributed by atoms with van der Waals surface area (Å²) in [6.45, 7) is 5.60. The van der Waals surface area contributed by atoms with Gasteiger partial charge >= 0.3 is 5.97 Å². The Kier molecular flexibility index (Phi) is 5.58. The summed E-state index contributed by atoms with van der Waals surface area (Å²) in [5, 5.41) is 2.71. The monoisotopic (exact) mass is 327 g/mol. The number of benzene rings is 2. The molecule has 1 amide bonds. The minimum atomic E-state index is -0.711. The van der Waals surface area contributed by atoms with Gasteiger partial charge in [0.1, 0.15) is 5.75 Å². The van der Waals surface area contributed by atoms with Crippen LogP contribution in [0.25, 0.3) is 0 Å². The Morgan fingerprint density at radius 3 is 2.29 bits per heavy atom. The first kappa shape index (κ1) is 17.5. The predicted octanol–water partition coefficient (Wildman–Crippen LogP) is 3.50. The molecular formula is C19H21NO4. The molecular weight excluding hydrogens is 306 g/mol. The van der Waals surface area contributed by atoms with Crippen LogP contribution in [0, 0.1) is 13.8 Å². The number of carbonyl (C=O) groups excluding carboxylic acids is 2. The van der Waals surface area contributed by atoms with Crippen molar-refractivity contribution >= 4 is 17.6 Å². The van der Waals surface area contributed by atoms with Gasteiger partial charge in [0.25, 0.3) is 5.91 Å². The molecule has 5 nitrogen and oxygen atoms in total. The minimum absolute atomic E-state index is 0.298. The highest BCUT2D eigenvalue weighted by Crippen LogP contribution is 2.19. The van der Waals surface area contributed by atoms with Crippen molar-refractivity contribution in [3.8, 4) is 5.75 Å². The zero-order valence-corrected chi connectivity index (χ0v) is 14.3. The van der Waals surface area contributed by atoms with Gasteiger partial charge in [0.05, 0.1) is 18.4 Å². The highest BCUT2D eigenvalue weighted by Gasteiger charge is 2.18. The van der Waals surface area contributed by atoms with E-state index in [9.17, 15) is 9.59 Å². The van der Waals surface area contributed by atoms with Crippen LogP contribution in [0.4, 0.5) is 5.69 Å². The van der Waals surface area contributed by atoms with Crippen LogP contribution in [-0.4, -0.2) is 25.1 Å². The Balaban J connectivity index is 2.11. The van der Waals surface area contributed by atoms with E-state index < -0.39 is 12.1 Å². The van der Waals surface area contributed by atoms with Crippen molar-refractivity contribution < 1.29 is 19.1 Å². The minimum Gasteiger partial charge on any atom is -0.481 e. The molecule has 5 heteroatoms. The summed E-state index contributed by atoms with van der Waals surface area (Å²) < 4.78 is 10.4. The van der Waals surface area contributed by atoms with Gasteiger partial charge in [-0.05, 0) is 56.2 Å². The lowest BCUT2D eigenvalue weighted by molar-refractivity contribution is -0.122. The molecule has 0 aliphatic heterocycles. The van der Waals surface area contributed by atoms with Crippen LogP contribution in [0.15, 0.2) is 42.5 Å². The topological polar surface area (TPSA) is 64.6 Å². The van der Waals surface area contributed by atoms with Gasteiger partial charge in [-0.3, -0.25) is 4.79 Å². The summed E-state index contributed by atoms with van der Waals surface area (Å²) in [5.74, 6) is -0.212. The van der Waals surface area contributed by atoms with Gasteiger partial charge in [0, 0.05) is 0 Å². The van der Waals surface area contributed by atoms with Gasteiger partial charge in [-0.15, -0.1) is 0 Å². The number of methoxy groups -OCH3 is 1. The fourth-order valence-electron chi connectivity index (χ4n) is 2.37. The van der Waals surface area contributed by atoms with Gasteiger partial charge in [-0.2, -0.15) is 0 Å². The van der Waals surface area contributed by atoms with Crippen LogP contribution in [0.5, 0.6) is 5.75 Å². The van der Waals surface area contributed by atoms with E-state index in [1.807, 2.05) is 32.0 Å². The van der Waals surface area contributed by atoms with Crippen molar-refractivity contribution in [3.05, 3.63) is 59.2 Å². The summed E-state index contributed by atoms with van der Waals surface area (Å²) in [6, 6.07) is 12.5. The molecule has 126 valence electrons. The number of esters is 1. The van der Waals surface area contributed by atoms with E-state index >= 15 is 0 Å². The first-order valence-electron chi connectivity index (χ1n) is 7.64. The SMILES string of the molecule is COC(=O)c1ccccc1NC(=O)[C@H](C)Oc1cc(C)cc(C)c1. The van der Waals surface area contributed by atoms with E-state index in [1.165, 1.54) is 7.11 Å². The zero-order valence-electron chi connectivity index (χ0n) is 14.3. The Hall–Kier alpha value is -2.82. The molecule has 0 saturated heterocycles. The molecule has 0 bridgehead atoms. The predicted molar refractivity (Wildman–Crippen MR) is 92.4 cm³/mol. The summed E-state index contributed by atoms with van der Waals surface area (Å²) in [7, 11) is 1.30. The molecule has 0 unspecified atom stereocenters. The van der Waals surface area contributed by atoms with Crippen LogP contribution < -0.4 is 10.1 Å². The largest absolute Gasteiger partial charge is 0.481 e. The number of aryl methyl sites for hydroxylation is 2. The van der Waals surface area contributed by atoms with E-state index in [0.29, 0.717) is 17.0 Å². The molecule has 0 aliphatic rings.